The fraction of sp³-hybridized carbons (Fsp3) is 0.357. The van der Waals surface area contributed by atoms with E-state index in [9.17, 15) is 0 Å². The molecule has 1 atom stereocenters. The first-order chi connectivity index (χ1) is 9.15. The summed E-state index contributed by atoms with van der Waals surface area (Å²) in [6.45, 7) is 3.40. The zero-order chi connectivity index (χ0) is 13.7. The highest BCUT2D eigenvalue weighted by Gasteiger charge is 2.04. The van der Waals surface area contributed by atoms with Crippen LogP contribution in [0.15, 0.2) is 41.4 Å². The number of benzene rings is 1. The monoisotopic (exact) mass is 323 g/mol. The fourth-order valence-electron chi connectivity index (χ4n) is 1.84. The maximum absolute atomic E-state index is 5.79. The fourth-order valence-corrected chi connectivity index (χ4v) is 2.38. The summed E-state index contributed by atoms with van der Waals surface area (Å²) in [6, 6.07) is 6.27. The van der Waals surface area contributed by atoms with Gasteiger partial charge in [0.05, 0.1) is 17.3 Å². The number of nitrogens with zero attached hydrogens (tertiary/aromatic N) is 2. The number of halogens is 1. The van der Waals surface area contributed by atoms with Crippen LogP contribution in [0.3, 0.4) is 0 Å². The molecule has 1 aromatic carbocycles. The third kappa shape index (κ3) is 4.36. The minimum absolute atomic E-state index is 0.167. The smallest absolute Gasteiger partial charge is 0.133 e. The van der Waals surface area contributed by atoms with Crippen LogP contribution in [0.4, 0.5) is 0 Å². The Bertz CT molecular complexity index is 511. The molecule has 19 heavy (non-hydrogen) atoms. The first-order valence-electron chi connectivity index (χ1n) is 6.27. The van der Waals surface area contributed by atoms with E-state index in [1.807, 2.05) is 23.8 Å². The number of imidazole rings is 1. The zero-order valence-electron chi connectivity index (χ0n) is 10.9. The molecule has 5 heteroatoms. The van der Waals surface area contributed by atoms with Crippen LogP contribution < -0.4 is 10.5 Å². The summed E-state index contributed by atoms with van der Waals surface area (Å²) in [5.41, 5.74) is 7.00. The van der Waals surface area contributed by atoms with Gasteiger partial charge in [-0.15, -0.1) is 0 Å². The molecule has 2 rings (SSSR count). The largest absolute Gasteiger partial charge is 0.491 e. The highest BCUT2D eigenvalue weighted by atomic mass is 79.9. The molecule has 1 heterocycles. The van der Waals surface area contributed by atoms with Crippen LogP contribution in [0, 0.1) is 0 Å². The molecule has 0 aliphatic heterocycles. The first-order valence-corrected chi connectivity index (χ1v) is 7.07. The lowest BCUT2D eigenvalue weighted by atomic mass is 10.1. The zero-order valence-corrected chi connectivity index (χ0v) is 12.5. The van der Waals surface area contributed by atoms with Gasteiger partial charge in [0.1, 0.15) is 12.4 Å². The van der Waals surface area contributed by atoms with Crippen LogP contribution in [0.1, 0.15) is 12.5 Å². The van der Waals surface area contributed by atoms with Gasteiger partial charge in [0, 0.05) is 18.4 Å². The summed E-state index contributed by atoms with van der Waals surface area (Å²) in [5.74, 6) is 0.855. The second kappa shape index (κ2) is 6.73. The highest BCUT2D eigenvalue weighted by Crippen LogP contribution is 2.26. The Hall–Kier alpha value is -1.33. The molecule has 0 bridgehead atoms. The molecular formula is C14H18BrN3O. The summed E-state index contributed by atoms with van der Waals surface area (Å²) < 4.78 is 8.70. The lowest BCUT2D eigenvalue weighted by molar-refractivity contribution is 0.296. The Labute approximate surface area is 121 Å². The molecule has 102 valence electrons. The van der Waals surface area contributed by atoms with Gasteiger partial charge in [-0.25, -0.2) is 4.98 Å². The number of nitrogens with two attached hydrogens (primary N) is 1. The maximum atomic E-state index is 5.79. The molecule has 2 aromatic rings. The minimum atomic E-state index is 0.167. The lowest BCUT2D eigenvalue weighted by Crippen LogP contribution is -2.17. The normalized spacial score (nSPS) is 12.4. The van der Waals surface area contributed by atoms with E-state index in [1.54, 1.807) is 12.5 Å². The van der Waals surface area contributed by atoms with Gasteiger partial charge in [-0.05, 0) is 47.0 Å². The Morgan fingerprint density at radius 1 is 1.47 bits per heavy atom. The maximum Gasteiger partial charge on any atom is 0.133 e. The van der Waals surface area contributed by atoms with E-state index < -0.39 is 0 Å². The van der Waals surface area contributed by atoms with Crippen LogP contribution >= 0.6 is 15.9 Å². The third-order valence-corrected chi connectivity index (χ3v) is 3.34. The SMILES string of the molecule is CC(N)Cc1ccc(OCCn2ccnc2)c(Br)c1. The molecule has 0 aliphatic rings. The van der Waals surface area contributed by atoms with E-state index in [2.05, 4.69) is 33.0 Å². The van der Waals surface area contributed by atoms with Gasteiger partial charge in [0.15, 0.2) is 0 Å². The van der Waals surface area contributed by atoms with Gasteiger partial charge >= 0.3 is 0 Å². The molecule has 1 unspecified atom stereocenters. The van der Waals surface area contributed by atoms with Crippen molar-refractivity contribution >= 4 is 15.9 Å². The molecule has 0 fully saturated rings. The third-order valence-electron chi connectivity index (χ3n) is 2.72. The molecule has 2 N–H and O–H groups in total. The molecule has 0 saturated carbocycles. The lowest BCUT2D eigenvalue weighted by Gasteiger charge is -2.11. The Morgan fingerprint density at radius 3 is 2.95 bits per heavy atom. The average molecular weight is 324 g/mol. The number of hydrogen-bond acceptors (Lipinski definition) is 3. The van der Waals surface area contributed by atoms with Crippen molar-refractivity contribution in [3.05, 3.63) is 47.0 Å². The Balaban J connectivity index is 1.90. The van der Waals surface area contributed by atoms with E-state index in [-0.39, 0.29) is 6.04 Å². The number of hydrogen-bond donors (Lipinski definition) is 1. The number of aromatic nitrogens is 2. The van der Waals surface area contributed by atoms with Crippen molar-refractivity contribution in [3.8, 4) is 5.75 Å². The Morgan fingerprint density at radius 2 is 2.32 bits per heavy atom. The van der Waals surface area contributed by atoms with Crippen molar-refractivity contribution in [1.82, 2.24) is 9.55 Å². The molecule has 1 aromatic heterocycles. The topological polar surface area (TPSA) is 53.1 Å². The van der Waals surface area contributed by atoms with Crippen LogP contribution in [-0.2, 0) is 13.0 Å². The van der Waals surface area contributed by atoms with E-state index in [0.717, 1.165) is 23.2 Å². The van der Waals surface area contributed by atoms with Crippen molar-refractivity contribution in [2.45, 2.75) is 25.9 Å². The van der Waals surface area contributed by atoms with E-state index >= 15 is 0 Å². The molecule has 0 spiro atoms. The van der Waals surface area contributed by atoms with E-state index in [1.165, 1.54) is 5.56 Å². The summed E-state index contributed by atoms with van der Waals surface area (Å²) in [4.78, 5) is 3.99. The molecule has 0 radical (unpaired) electrons. The summed E-state index contributed by atoms with van der Waals surface area (Å²) in [6.07, 6.45) is 6.33. The van der Waals surface area contributed by atoms with Gasteiger partial charge in [-0.1, -0.05) is 6.07 Å². The van der Waals surface area contributed by atoms with Gasteiger partial charge in [0.2, 0.25) is 0 Å². The van der Waals surface area contributed by atoms with Crippen LogP contribution in [-0.4, -0.2) is 22.2 Å². The van der Waals surface area contributed by atoms with Gasteiger partial charge in [0.25, 0.3) is 0 Å². The van der Waals surface area contributed by atoms with Crippen molar-refractivity contribution in [2.75, 3.05) is 6.61 Å². The standard InChI is InChI=1S/C14H18BrN3O/c1-11(16)8-12-2-3-14(13(15)9-12)19-7-6-18-5-4-17-10-18/h2-5,9-11H,6-8,16H2,1H3. The van der Waals surface area contributed by atoms with Crippen LogP contribution in [0.2, 0.25) is 0 Å². The van der Waals surface area contributed by atoms with Gasteiger partial charge in [-0.3, -0.25) is 0 Å². The van der Waals surface area contributed by atoms with Gasteiger partial charge < -0.3 is 15.0 Å². The van der Waals surface area contributed by atoms with Crippen LogP contribution in [0.25, 0.3) is 0 Å². The molecule has 0 amide bonds. The molecular weight excluding hydrogens is 306 g/mol. The molecule has 0 aliphatic carbocycles. The van der Waals surface area contributed by atoms with Crippen molar-refractivity contribution in [2.24, 2.45) is 5.73 Å². The second-order valence-electron chi connectivity index (χ2n) is 4.60. The summed E-state index contributed by atoms with van der Waals surface area (Å²) in [5, 5.41) is 0. The summed E-state index contributed by atoms with van der Waals surface area (Å²) in [7, 11) is 0. The molecule has 4 nitrogen and oxygen atoms in total. The first kappa shape index (κ1) is 14.1. The predicted molar refractivity (Wildman–Crippen MR) is 79.2 cm³/mol. The number of rotatable bonds is 6. The molecule has 0 saturated heterocycles. The van der Waals surface area contributed by atoms with Crippen molar-refractivity contribution in [3.63, 3.8) is 0 Å². The average Bonchev–Trinajstić information content (AvgIpc) is 2.84. The minimum Gasteiger partial charge on any atom is -0.491 e. The predicted octanol–water partition coefficient (Wildman–Crippen LogP) is 2.61. The van der Waals surface area contributed by atoms with Crippen molar-refractivity contribution in [1.29, 1.82) is 0 Å². The highest BCUT2D eigenvalue weighted by molar-refractivity contribution is 9.10. The van der Waals surface area contributed by atoms with E-state index in [0.29, 0.717) is 6.61 Å². The summed E-state index contributed by atoms with van der Waals surface area (Å²) >= 11 is 3.53. The van der Waals surface area contributed by atoms with Gasteiger partial charge in [-0.2, -0.15) is 0 Å². The van der Waals surface area contributed by atoms with E-state index in [4.69, 9.17) is 10.5 Å². The van der Waals surface area contributed by atoms with Crippen LogP contribution in [0.5, 0.6) is 5.75 Å². The quantitative estimate of drug-likeness (QED) is 0.889. The second-order valence-corrected chi connectivity index (χ2v) is 5.45. The van der Waals surface area contributed by atoms with Crippen molar-refractivity contribution < 1.29 is 4.74 Å². The number of ether oxygens (including phenoxy) is 1. The Kier molecular flexibility index (Phi) is 4.99.